The van der Waals surface area contributed by atoms with E-state index in [9.17, 15) is 4.79 Å². The van der Waals surface area contributed by atoms with E-state index < -0.39 is 0 Å². The van der Waals surface area contributed by atoms with Crippen LogP contribution in [0.5, 0.6) is 11.5 Å². The molecule has 2 unspecified atom stereocenters. The molecule has 0 radical (unpaired) electrons. The van der Waals surface area contributed by atoms with Crippen LogP contribution in [0, 0.1) is 5.92 Å². The molecular formula is C19H23ClN2O2. The van der Waals surface area contributed by atoms with Gasteiger partial charge in [-0.05, 0) is 55.7 Å². The Labute approximate surface area is 148 Å². The van der Waals surface area contributed by atoms with Crippen LogP contribution in [0.15, 0.2) is 54.6 Å². The highest BCUT2D eigenvalue weighted by Crippen LogP contribution is 2.26. The molecule has 2 aromatic carbocycles. The number of hydrogen-bond donors (Lipinski definition) is 2. The van der Waals surface area contributed by atoms with Gasteiger partial charge in [-0.2, -0.15) is 0 Å². The summed E-state index contributed by atoms with van der Waals surface area (Å²) in [4.78, 5) is 12.3. The Kier molecular flexibility index (Phi) is 6.64. The summed E-state index contributed by atoms with van der Waals surface area (Å²) in [6.07, 6.45) is 3.76. The van der Waals surface area contributed by atoms with Crippen molar-refractivity contribution in [2.45, 2.75) is 31.7 Å². The predicted molar refractivity (Wildman–Crippen MR) is 98.8 cm³/mol. The molecule has 4 nitrogen and oxygen atoms in total. The maximum Gasteiger partial charge on any atom is 0.227 e. The number of nitrogens with one attached hydrogen (secondary N) is 1. The Hall–Kier alpha value is -2.04. The highest BCUT2D eigenvalue weighted by Gasteiger charge is 2.25. The molecule has 2 aromatic rings. The Bertz CT molecular complexity index is 646. The fourth-order valence-corrected chi connectivity index (χ4v) is 2.94. The lowest BCUT2D eigenvalue weighted by molar-refractivity contribution is -0.120. The van der Waals surface area contributed by atoms with E-state index in [0.29, 0.717) is 0 Å². The van der Waals surface area contributed by atoms with Gasteiger partial charge in [-0.15, -0.1) is 12.4 Å². The molecule has 0 spiro atoms. The van der Waals surface area contributed by atoms with E-state index in [4.69, 9.17) is 10.5 Å². The SMILES string of the molecule is Cl.NC1CCCC(C(=O)Nc2ccc(Oc3ccccc3)cc2)C1. The van der Waals surface area contributed by atoms with Gasteiger partial charge in [0.1, 0.15) is 11.5 Å². The van der Waals surface area contributed by atoms with Crippen LogP contribution in [0.2, 0.25) is 0 Å². The van der Waals surface area contributed by atoms with E-state index in [-0.39, 0.29) is 30.3 Å². The van der Waals surface area contributed by atoms with Crippen molar-refractivity contribution >= 4 is 24.0 Å². The summed E-state index contributed by atoms with van der Waals surface area (Å²) in [5, 5.41) is 2.97. The Balaban J connectivity index is 0.00000208. The summed E-state index contributed by atoms with van der Waals surface area (Å²) >= 11 is 0. The first kappa shape index (κ1) is 18.3. The number of ether oxygens (including phenoxy) is 1. The van der Waals surface area contributed by atoms with Gasteiger partial charge >= 0.3 is 0 Å². The molecule has 0 saturated heterocycles. The third-order valence-electron chi connectivity index (χ3n) is 4.19. The van der Waals surface area contributed by atoms with Crippen LogP contribution in [0.4, 0.5) is 5.69 Å². The topological polar surface area (TPSA) is 64.4 Å². The predicted octanol–water partition coefficient (Wildman–Crippen LogP) is 4.36. The summed E-state index contributed by atoms with van der Waals surface area (Å²) < 4.78 is 5.74. The number of nitrogens with two attached hydrogens (primary N) is 1. The average molecular weight is 347 g/mol. The number of rotatable bonds is 4. The third kappa shape index (κ3) is 4.98. The zero-order chi connectivity index (χ0) is 16.1. The van der Waals surface area contributed by atoms with Crippen molar-refractivity contribution in [1.82, 2.24) is 0 Å². The van der Waals surface area contributed by atoms with Gasteiger partial charge in [-0.25, -0.2) is 0 Å². The van der Waals surface area contributed by atoms with E-state index in [1.807, 2.05) is 54.6 Å². The molecule has 0 heterocycles. The molecule has 2 atom stereocenters. The van der Waals surface area contributed by atoms with Gasteiger partial charge in [-0.3, -0.25) is 4.79 Å². The number of hydrogen-bond acceptors (Lipinski definition) is 3. The normalized spacial score (nSPS) is 19.9. The number of amides is 1. The molecule has 1 aliphatic rings. The minimum absolute atomic E-state index is 0. The van der Waals surface area contributed by atoms with Crippen LogP contribution >= 0.6 is 12.4 Å². The van der Waals surface area contributed by atoms with Crippen molar-refractivity contribution in [2.75, 3.05) is 5.32 Å². The van der Waals surface area contributed by atoms with E-state index in [1.54, 1.807) is 0 Å². The largest absolute Gasteiger partial charge is 0.457 e. The molecule has 1 amide bonds. The van der Waals surface area contributed by atoms with Crippen LogP contribution < -0.4 is 15.8 Å². The monoisotopic (exact) mass is 346 g/mol. The molecule has 3 N–H and O–H groups in total. The van der Waals surface area contributed by atoms with E-state index >= 15 is 0 Å². The van der Waals surface area contributed by atoms with E-state index in [0.717, 1.165) is 42.9 Å². The molecule has 0 aliphatic heterocycles. The molecule has 0 bridgehead atoms. The molecule has 5 heteroatoms. The maximum atomic E-state index is 12.3. The van der Waals surface area contributed by atoms with Crippen molar-refractivity contribution in [3.05, 3.63) is 54.6 Å². The van der Waals surface area contributed by atoms with E-state index in [1.165, 1.54) is 0 Å². The Morgan fingerprint density at radius 3 is 2.33 bits per heavy atom. The standard InChI is InChI=1S/C19H22N2O2.ClH/c20-15-6-4-5-14(13-15)19(22)21-16-9-11-18(12-10-16)23-17-7-2-1-3-8-17;/h1-3,7-12,14-15H,4-6,13,20H2,(H,21,22);1H. The second kappa shape index (κ2) is 8.71. The quantitative estimate of drug-likeness (QED) is 0.864. The minimum Gasteiger partial charge on any atom is -0.457 e. The van der Waals surface area contributed by atoms with Gasteiger partial charge in [0.2, 0.25) is 5.91 Å². The molecule has 128 valence electrons. The lowest BCUT2D eigenvalue weighted by atomic mass is 9.85. The minimum atomic E-state index is 0. The van der Waals surface area contributed by atoms with Gasteiger partial charge in [-0.1, -0.05) is 24.6 Å². The van der Waals surface area contributed by atoms with Gasteiger partial charge in [0.15, 0.2) is 0 Å². The maximum absolute atomic E-state index is 12.3. The zero-order valence-corrected chi connectivity index (χ0v) is 14.3. The summed E-state index contributed by atoms with van der Waals surface area (Å²) in [5.74, 6) is 1.63. The van der Waals surface area contributed by atoms with Gasteiger partial charge < -0.3 is 15.8 Å². The average Bonchev–Trinajstić information content (AvgIpc) is 2.57. The van der Waals surface area contributed by atoms with Crippen LogP contribution in [0.25, 0.3) is 0 Å². The first-order chi connectivity index (χ1) is 11.2. The molecule has 1 aliphatic carbocycles. The van der Waals surface area contributed by atoms with Crippen molar-refractivity contribution in [2.24, 2.45) is 11.7 Å². The van der Waals surface area contributed by atoms with Crippen molar-refractivity contribution in [1.29, 1.82) is 0 Å². The fourth-order valence-electron chi connectivity index (χ4n) is 2.94. The molecular weight excluding hydrogens is 324 g/mol. The lowest BCUT2D eigenvalue weighted by Gasteiger charge is -2.25. The van der Waals surface area contributed by atoms with Crippen LogP contribution in [0.1, 0.15) is 25.7 Å². The number of carbonyl (C=O) groups excluding carboxylic acids is 1. The molecule has 24 heavy (non-hydrogen) atoms. The van der Waals surface area contributed by atoms with Crippen LogP contribution in [0.3, 0.4) is 0 Å². The number of halogens is 1. The summed E-state index contributed by atoms with van der Waals surface area (Å²) in [6.45, 7) is 0. The van der Waals surface area contributed by atoms with Crippen molar-refractivity contribution in [3.8, 4) is 11.5 Å². The van der Waals surface area contributed by atoms with Gasteiger partial charge in [0, 0.05) is 17.6 Å². The summed E-state index contributed by atoms with van der Waals surface area (Å²) in [7, 11) is 0. The highest BCUT2D eigenvalue weighted by atomic mass is 35.5. The summed E-state index contributed by atoms with van der Waals surface area (Å²) in [6, 6.07) is 17.2. The molecule has 3 rings (SSSR count). The molecule has 1 saturated carbocycles. The number of benzene rings is 2. The van der Waals surface area contributed by atoms with Crippen molar-refractivity contribution < 1.29 is 9.53 Å². The van der Waals surface area contributed by atoms with E-state index in [2.05, 4.69) is 5.32 Å². The zero-order valence-electron chi connectivity index (χ0n) is 13.5. The number of carbonyl (C=O) groups is 1. The second-order valence-electron chi connectivity index (χ2n) is 6.05. The van der Waals surface area contributed by atoms with Gasteiger partial charge in [0.05, 0.1) is 0 Å². The van der Waals surface area contributed by atoms with Crippen LogP contribution in [-0.4, -0.2) is 11.9 Å². The van der Waals surface area contributed by atoms with Crippen molar-refractivity contribution in [3.63, 3.8) is 0 Å². The lowest BCUT2D eigenvalue weighted by Crippen LogP contribution is -2.34. The van der Waals surface area contributed by atoms with Gasteiger partial charge in [0.25, 0.3) is 0 Å². The highest BCUT2D eigenvalue weighted by molar-refractivity contribution is 5.92. The molecule has 1 fully saturated rings. The smallest absolute Gasteiger partial charge is 0.227 e. The summed E-state index contributed by atoms with van der Waals surface area (Å²) in [5.41, 5.74) is 6.74. The third-order valence-corrected chi connectivity index (χ3v) is 4.19. The second-order valence-corrected chi connectivity index (χ2v) is 6.05. The number of para-hydroxylation sites is 1. The molecule has 0 aromatic heterocycles. The first-order valence-corrected chi connectivity index (χ1v) is 8.10. The first-order valence-electron chi connectivity index (χ1n) is 8.10. The Morgan fingerprint density at radius 1 is 1.00 bits per heavy atom. The van der Waals surface area contributed by atoms with Crippen LogP contribution in [-0.2, 0) is 4.79 Å². The Morgan fingerprint density at radius 2 is 1.67 bits per heavy atom. The fraction of sp³-hybridized carbons (Fsp3) is 0.316. The number of anilines is 1.